The van der Waals surface area contributed by atoms with Crippen LogP contribution in [0.3, 0.4) is 0 Å². The van der Waals surface area contributed by atoms with Gasteiger partial charge >= 0.3 is 0 Å². The maximum atomic E-state index is 11.3. The maximum Gasteiger partial charge on any atom is 0.0894 e. The molecule has 0 amide bonds. The zero-order valence-electron chi connectivity index (χ0n) is 9.82. The van der Waals surface area contributed by atoms with Gasteiger partial charge in [-0.25, -0.2) is 0 Å². The standard InChI is InChI=1S/C11H22N2OS/c1-3-5-6-12-7-8-13(11-12)9-10-15(14)4-2/h7-8H,3-6,9-11H2,1-2H3. The normalized spacial score (nSPS) is 17.5. The fourth-order valence-electron chi connectivity index (χ4n) is 1.53. The number of hydrogen-bond donors (Lipinski definition) is 0. The summed E-state index contributed by atoms with van der Waals surface area (Å²) in [7, 11) is -0.634. The molecule has 1 unspecified atom stereocenters. The van der Waals surface area contributed by atoms with E-state index in [9.17, 15) is 4.21 Å². The van der Waals surface area contributed by atoms with Crippen LogP contribution in [0.2, 0.25) is 0 Å². The van der Waals surface area contributed by atoms with Crippen molar-refractivity contribution in [2.24, 2.45) is 0 Å². The van der Waals surface area contributed by atoms with Crippen LogP contribution < -0.4 is 0 Å². The monoisotopic (exact) mass is 230 g/mol. The average molecular weight is 230 g/mol. The molecular formula is C11H22N2OS. The van der Waals surface area contributed by atoms with Gasteiger partial charge in [0.2, 0.25) is 0 Å². The summed E-state index contributed by atoms with van der Waals surface area (Å²) in [6.07, 6.45) is 6.75. The summed E-state index contributed by atoms with van der Waals surface area (Å²) < 4.78 is 11.3. The SMILES string of the molecule is CCCCN1C=CN(CCS(=O)CC)C1. The Kier molecular flexibility index (Phi) is 5.76. The van der Waals surface area contributed by atoms with Gasteiger partial charge in [-0.15, -0.1) is 0 Å². The van der Waals surface area contributed by atoms with Crippen molar-refractivity contribution in [2.75, 3.05) is 31.3 Å². The van der Waals surface area contributed by atoms with Crippen LogP contribution in [-0.2, 0) is 10.8 Å². The van der Waals surface area contributed by atoms with Crippen LogP contribution in [0.25, 0.3) is 0 Å². The van der Waals surface area contributed by atoms with Crippen molar-refractivity contribution in [1.29, 1.82) is 0 Å². The van der Waals surface area contributed by atoms with E-state index in [0.717, 1.165) is 31.3 Å². The highest BCUT2D eigenvalue weighted by Crippen LogP contribution is 2.07. The lowest BCUT2D eigenvalue weighted by Crippen LogP contribution is -2.29. The van der Waals surface area contributed by atoms with Gasteiger partial charge in [0.25, 0.3) is 0 Å². The molecular weight excluding hydrogens is 208 g/mol. The van der Waals surface area contributed by atoms with Crippen molar-refractivity contribution in [3.05, 3.63) is 12.4 Å². The summed E-state index contributed by atoms with van der Waals surface area (Å²) in [4.78, 5) is 4.56. The van der Waals surface area contributed by atoms with E-state index in [1.165, 1.54) is 12.8 Å². The first kappa shape index (κ1) is 12.6. The fraction of sp³-hybridized carbons (Fsp3) is 0.818. The molecule has 0 aromatic carbocycles. The van der Waals surface area contributed by atoms with Crippen LogP contribution in [-0.4, -0.2) is 45.3 Å². The largest absolute Gasteiger partial charge is 0.359 e. The van der Waals surface area contributed by atoms with Gasteiger partial charge in [-0.3, -0.25) is 4.21 Å². The van der Waals surface area contributed by atoms with Crippen LogP contribution in [0, 0.1) is 0 Å². The molecule has 0 saturated carbocycles. The summed E-state index contributed by atoms with van der Waals surface area (Å²) in [6.45, 7) is 7.21. The predicted molar refractivity (Wildman–Crippen MR) is 65.9 cm³/mol. The summed E-state index contributed by atoms with van der Waals surface area (Å²) in [6, 6.07) is 0. The molecule has 1 rings (SSSR count). The van der Waals surface area contributed by atoms with Crippen LogP contribution in [0.5, 0.6) is 0 Å². The fourth-order valence-corrected chi connectivity index (χ4v) is 2.26. The lowest BCUT2D eigenvalue weighted by atomic mass is 10.3. The van der Waals surface area contributed by atoms with Crippen molar-refractivity contribution < 1.29 is 4.21 Å². The molecule has 0 fully saturated rings. The van der Waals surface area contributed by atoms with E-state index in [4.69, 9.17) is 0 Å². The van der Waals surface area contributed by atoms with Crippen molar-refractivity contribution in [3.8, 4) is 0 Å². The quantitative estimate of drug-likeness (QED) is 0.664. The van der Waals surface area contributed by atoms with Gasteiger partial charge < -0.3 is 9.80 Å². The second-order valence-corrected chi connectivity index (χ2v) is 5.72. The molecule has 1 atom stereocenters. The number of nitrogens with zero attached hydrogens (tertiary/aromatic N) is 2. The van der Waals surface area contributed by atoms with Crippen LogP contribution >= 0.6 is 0 Å². The van der Waals surface area contributed by atoms with Crippen molar-refractivity contribution >= 4 is 10.8 Å². The van der Waals surface area contributed by atoms with Gasteiger partial charge in [-0.1, -0.05) is 20.3 Å². The van der Waals surface area contributed by atoms with Crippen LogP contribution in [0.1, 0.15) is 26.7 Å². The van der Waals surface area contributed by atoms with E-state index in [2.05, 4.69) is 29.1 Å². The zero-order chi connectivity index (χ0) is 11.1. The van der Waals surface area contributed by atoms with E-state index in [-0.39, 0.29) is 0 Å². The molecule has 3 nitrogen and oxygen atoms in total. The number of unbranched alkanes of at least 4 members (excludes halogenated alkanes) is 1. The highest BCUT2D eigenvalue weighted by Gasteiger charge is 2.11. The molecule has 1 aliphatic heterocycles. The lowest BCUT2D eigenvalue weighted by molar-refractivity contribution is 0.271. The Bertz CT molecular complexity index is 231. The predicted octanol–water partition coefficient (Wildman–Crippen LogP) is 1.60. The van der Waals surface area contributed by atoms with Crippen molar-refractivity contribution in [1.82, 2.24) is 9.80 Å². The van der Waals surface area contributed by atoms with Gasteiger partial charge in [-0.05, 0) is 6.42 Å². The first-order valence-electron chi connectivity index (χ1n) is 5.77. The molecule has 0 spiro atoms. The van der Waals surface area contributed by atoms with Crippen LogP contribution in [0.4, 0.5) is 0 Å². The Morgan fingerprint density at radius 3 is 2.47 bits per heavy atom. The van der Waals surface area contributed by atoms with E-state index in [0.29, 0.717) is 0 Å². The highest BCUT2D eigenvalue weighted by atomic mass is 32.2. The van der Waals surface area contributed by atoms with E-state index in [1.807, 2.05) is 6.92 Å². The van der Waals surface area contributed by atoms with Gasteiger partial charge in [0.05, 0.1) is 6.67 Å². The second kappa shape index (κ2) is 6.88. The second-order valence-electron chi connectivity index (χ2n) is 3.85. The van der Waals surface area contributed by atoms with E-state index < -0.39 is 10.8 Å². The Labute approximate surface area is 95.6 Å². The summed E-state index contributed by atoms with van der Waals surface area (Å²) >= 11 is 0. The molecule has 0 aromatic heterocycles. The Morgan fingerprint density at radius 2 is 1.87 bits per heavy atom. The smallest absolute Gasteiger partial charge is 0.0894 e. The van der Waals surface area contributed by atoms with Gasteiger partial charge in [0, 0.05) is 47.8 Å². The Morgan fingerprint density at radius 1 is 1.20 bits per heavy atom. The molecule has 0 aromatic rings. The Balaban J connectivity index is 2.14. The first-order valence-corrected chi connectivity index (χ1v) is 7.26. The third-order valence-electron chi connectivity index (χ3n) is 2.58. The first-order chi connectivity index (χ1) is 7.26. The maximum absolute atomic E-state index is 11.3. The molecule has 4 heteroatoms. The van der Waals surface area contributed by atoms with Gasteiger partial charge in [0.1, 0.15) is 0 Å². The van der Waals surface area contributed by atoms with Crippen LogP contribution in [0.15, 0.2) is 12.4 Å². The van der Waals surface area contributed by atoms with E-state index in [1.54, 1.807) is 0 Å². The minimum Gasteiger partial charge on any atom is -0.359 e. The van der Waals surface area contributed by atoms with Gasteiger partial charge in [0.15, 0.2) is 0 Å². The summed E-state index contributed by atoms with van der Waals surface area (Å²) in [5, 5.41) is 0. The third-order valence-corrected chi connectivity index (χ3v) is 3.86. The highest BCUT2D eigenvalue weighted by molar-refractivity contribution is 7.84. The molecule has 0 aliphatic carbocycles. The Hall–Kier alpha value is -0.510. The molecule has 15 heavy (non-hydrogen) atoms. The van der Waals surface area contributed by atoms with Crippen molar-refractivity contribution in [2.45, 2.75) is 26.7 Å². The minimum absolute atomic E-state index is 0.634. The average Bonchev–Trinajstić information content (AvgIpc) is 2.71. The lowest BCUT2D eigenvalue weighted by Gasteiger charge is -2.20. The van der Waals surface area contributed by atoms with Gasteiger partial charge in [-0.2, -0.15) is 0 Å². The molecule has 88 valence electrons. The topological polar surface area (TPSA) is 23.6 Å². The van der Waals surface area contributed by atoms with Crippen molar-refractivity contribution in [3.63, 3.8) is 0 Å². The molecule has 0 N–H and O–H groups in total. The molecule has 0 bridgehead atoms. The number of rotatable bonds is 7. The number of hydrogen-bond acceptors (Lipinski definition) is 3. The molecule has 1 heterocycles. The summed E-state index contributed by atoms with van der Waals surface area (Å²) in [5.74, 6) is 1.57. The molecule has 0 saturated heterocycles. The molecule has 1 aliphatic rings. The van der Waals surface area contributed by atoms with E-state index >= 15 is 0 Å². The summed E-state index contributed by atoms with van der Waals surface area (Å²) in [5.41, 5.74) is 0. The molecule has 0 radical (unpaired) electrons. The third kappa shape index (κ3) is 4.69. The zero-order valence-corrected chi connectivity index (χ0v) is 10.6. The minimum atomic E-state index is -0.634.